The number of anilines is 2. The van der Waals surface area contributed by atoms with Gasteiger partial charge < -0.3 is 10.6 Å². The minimum Gasteiger partial charge on any atom is -0.385 e. The molecule has 1 aliphatic heterocycles. The van der Waals surface area contributed by atoms with Gasteiger partial charge in [0.15, 0.2) is 0 Å². The molecule has 0 aliphatic carbocycles. The van der Waals surface area contributed by atoms with Crippen LogP contribution < -0.4 is 10.6 Å². The van der Waals surface area contributed by atoms with Crippen LogP contribution in [0.15, 0.2) is 18.2 Å². The van der Waals surface area contributed by atoms with Gasteiger partial charge >= 0.3 is 6.18 Å². The number of hydrogen-bond donors (Lipinski definition) is 2. The molecule has 1 aliphatic rings. The highest BCUT2D eigenvalue weighted by molar-refractivity contribution is 5.91. The zero-order chi connectivity index (χ0) is 13.2. The Bertz CT molecular complexity index is 457. The number of carbonyl (C=O) groups excluding carboxylic acids is 1. The van der Waals surface area contributed by atoms with E-state index in [0.717, 1.165) is 30.6 Å². The molecule has 2 N–H and O–H groups in total. The highest BCUT2D eigenvalue weighted by Crippen LogP contribution is 2.26. The minimum absolute atomic E-state index is 0.386. The summed E-state index contributed by atoms with van der Waals surface area (Å²) in [5.41, 5.74) is 2.39. The van der Waals surface area contributed by atoms with Gasteiger partial charge in [0.05, 0.1) is 0 Å². The van der Waals surface area contributed by atoms with Crippen molar-refractivity contribution in [3.8, 4) is 0 Å². The molecular formula is C12H13F3N2O. The second kappa shape index (κ2) is 4.88. The molecule has 1 aromatic carbocycles. The molecule has 0 spiro atoms. The molecule has 18 heavy (non-hydrogen) atoms. The third-order valence-electron chi connectivity index (χ3n) is 2.69. The fourth-order valence-corrected chi connectivity index (χ4v) is 1.93. The van der Waals surface area contributed by atoms with Gasteiger partial charge in [-0.2, -0.15) is 13.2 Å². The van der Waals surface area contributed by atoms with Crippen LogP contribution in [0.25, 0.3) is 0 Å². The molecule has 0 radical (unpaired) electrons. The zero-order valence-corrected chi connectivity index (χ0v) is 9.60. The van der Waals surface area contributed by atoms with E-state index >= 15 is 0 Å². The van der Waals surface area contributed by atoms with Crippen LogP contribution in [-0.4, -0.2) is 18.6 Å². The molecule has 6 heteroatoms. The first-order valence-corrected chi connectivity index (χ1v) is 5.67. The fourth-order valence-electron chi connectivity index (χ4n) is 1.93. The van der Waals surface area contributed by atoms with Crippen molar-refractivity contribution in [1.82, 2.24) is 0 Å². The van der Waals surface area contributed by atoms with E-state index in [1.54, 1.807) is 12.1 Å². The second-order valence-electron chi connectivity index (χ2n) is 4.24. The van der Waals surface area contributed by atoms with Crippen molar-refractivity contribution in [1.29, 1.82) is 0 Å². The molecule has 0 bridgehead atoms. The molecule has 1 heterocycles. The van der Waals surface area contributed by atoms with Crippen molar-refractivity contribution in [3.63, 3.8) is 0 Å². The van der Waals surface area contributed by atoms with Crippen molar-refractivity contribution < 1.29 is 18.0 Å². The molecule has 3 nitrogen and oxygen atoms in total. The van der Waals surface area contributed by atoms with Crippen LogP contribution in [0.3, 0.4) is 0 Å². The van der Waals surface area contributed by atoms with Gasteiger partial charge in [-0.1, -0.05) is 6.07 Å². The van der Waals surface area contributed by atoms with E-state index in [1.807, 2.05) is 6.07 Å². The Morgan fingerprint density at radius 2 is 2.17 bits per heavy atom. The lowest BCUT2D eigenvalue weighted by Crippen LogP contribution is -2.21. The Hall–Kier alpha value is -1.72. The molecule has 1 aromatic rings. The molecule has 98 valence electrons. The summed E-state index contributed by atoms with van der Waals surface area (Å²) >= 11 is 0. The van der Waals surface area contributed by atoms with Gasteiger partial charge in [-0.05, 0) is 30.5 Å². The van der Waals surface area contributed by atoms with Gasteiger partial charge in [-0.3, -0.25) is 4.79 Å². The van der Waals surface area contributed by atoms with Crippen LogP contribution in [0.1, 0.15) is 18.4 Å². The third kappa shape index (κ3) is 3.38. The van der Waals surface area contributed by atoms with Crippen molar-refractivity contribution >= 4 is 17.3 Å². The summed E-state index contributed by atoms with van der Waals surface area (Å²) < 4.78 is 36.0. The fraction of sp³-hybridized carbons (Fsp3) is 0.417. The molecule has 1 amide bonds. The highest BCUT2D eigenvalue weighted by Gasteiger charge is 2.31. The summed E-state index contributed by atoms with van der Waals surface area (Å²) in [6, 6.07) is 5.12. The first kappa shape index (κ1) is 12.7. The van der Waals surface area contributed by atoms with Crippen LogP contribution in [0, 0.1) is 0 Å². The van der Waals surface area contributed by atoms with Gasteiger partial charge in [0.25, 0.3) is 0 Å². The van der Waals surface area contributed by atoms with E-state index in [-0.39, 0.29) is 0 Å². The van der Waals surface area contributed by atoms with Gasteiger partial charge in [0.2, 0.25) is 5.91 Å². The lowest BCUT2D eigenvalue weighted by atomic mass is 10.0. The first-order valence-electron chi connectivity index (χ1n) is 5.67. The van der Waals surface area contributed by atoms with Crippen LogP contribution in [-0.2, 0) is 11.2 Å². The van der Waals surface area contributed by atoms with Crippen molar-refractivity contribution in [2.24, 2.45) is 0 Å². The standard InChI is InChI=1S/C12H13F3N2O/c13-12(14,15)7-11(18)17-9-4-3-8-2-1-5-16-10(8)6-9/h3-4,6,16H,1-2,5,7H2,(H,17,18). The van der Waals surface area contributed by atoms with Crippen LogP contribution in [0.2, 0.25) is 0 Å². The largest absolute Gasteiger partial charge is 0.397 e. The number of halogens is 3. The normalized spacial score (nSPS) is 14.6. The maximum absolute atomic E-state index is 12.0. The Morgan fingerprint density at radius 3 is 2.89 bits per heavy atom. The summed E-state index contributed by atoms with van der Waals surface area (Å²) in [6.07, 6.45) is -3.96. The lowest BCUT2D eigenvalue weighted by molar-refractivity contribution is -0.150. The van der Waals surface area contributed by atoms with Gasteiger partial charge in [0.1, 0.15) is 6.42 Å². The molecule has 0 unspecified atom stereocenters. The number of aryl methyl sites for hydroxylation is 1. The average molecular weight is 258 g/mol. The van der Waals surface area contributed by atoms with Crippen LogP contribution >= 0.6 is 0 Å². The maximum Gasteiger partial charge on any atom is 0.397 e. The monoisotopic (exact) mass is 258 g/mol. The van der Waals surface area contributed by atoms with Crippen molar-refractivity contribution in [3.05, 3.63) is 23.8 Å². The van der Waals surface area contributed by atoms with E-state index in [0.29, 0.717) is 5.69 Å². The number of carbonyl (C=O) groups is 1. The van der Waals surface area contributed by atoms with E-state index in [2.05, 4.69) is 10.6 Å². The molecule has 0 atom stereocenters. The lowest BCUT2D eigenvalue weighted by Gasteiger charge is -2.19. The van der Waals surface area contributed by atoms with Gasteiger partial charge in [0, 0.05) is 17.9 Å². The Labute approximate surface area is 102 Å². The average Bonchev–Trinajstić information content (AvgIpc) is 2.26. The smallest absolute Gasteiger partial charge is 0.385 e. The quantitative estimate of drug-likeness (QED) is 0.856. The number of benzene rings is 1. The number of amides is 1. The van der Waals surface area contributed by atoms with Crippen LogP contribution in [0.4, 0.5) is 24.5 Å². The highest BCUT2D eigenvalue weighted by atomic mass is 19.4. The Morgan fingerprint density at radius 1 is 1.39 bits per heavy atom. The number of fused-ring (bicyclic) bond motifs is 1. The second-order valence-corrected chi connectivity index (χ2v) is 4.24. The number of rotatable bonds is 2. The predicted octanol–water partition coefficient (Wildman–Crippen LogP) is 2.94. The van der Waals surface area contributed by atoms with E-state index in [4.69, 9.17) is 0 Å². The molecule has 2 rings (SSSR count). The van der Waals surface area contributed by atoms with Crippen LogP contribution in [0.5, 0.6) is 0 Å². The number of alkyl halides is 3. The summed E-state index contributed by atoms with van der Waals surface area (Å²) in [5.74, 6) is -1.04. The summed E-state index contributed by atoms with van der Waals surface area (Å²) in [4.78, 5) is 11.1. The van der Waals surface area contributed by atoms with Gasteiger partial charge in [-0.15, -0.1) is 0 Å². The van der Waals surface area contributed by atoms with E-state index in [9.17, 15) is 18.0 Å². The minimum atomic E-state index is -4.48. The van der Waals surface area contributed by atoms with Crippen molar-refractivity contribution in [2.45, 2.75) is 25.4 Å². The maximum atomic E-state index is 12.0. The third-order valence-corrected chi connectivity index (χ3v) is 2.69. The van der Waals surface area contributed by atoms with E-state index < -0.39 is 18.5 Å². The molecule has 0 saturated carbocycles. The topological polar surface area (TPSA) is 41.1 Å². The SMILES string of the molecule is O=C(CC(F)(F)F)Nc1ccc2c(c1)NCCC2. The summed E-state index contributed by atoms with van der Waals surface area (Å²) in [7, 11) is 0. The summed E-state index contributed by atoms with van der Waals surface area (Å²) in [6.45, 7) is 0.840. The zero-order valence-electron chi connectivity index (χ0n) is 9.60. The Kier molecular flexibility index (Phi) is 3.45. The number of hydrogen-bond acceptors (Lipinski definition) is 2. The Balaban J connectivity index is 2.04. The molecular weight excluding hydrogens is 245 g/mol. The molecule has 0 fully saturated rings. The van der Waals surface area contributed by atoms with Gasteiger partial charge in [-0.25, -0.2) is 0 Å². The molecule has 0 aromatic heterocycles. The predicted molar refractivity (Wildman–Crippen MR) is 62.6 cm³/mol. The first-order chi connectivity index (χ1) is 8.44. The molecule has 0 saturated heterocycles. The number of nitrogens with one attached hydrogen (secondary N) is 2. The summed E-state index contributed by atoms with van der Waals surface area (Å²) in [5, 5.41) is 5.40. The van der Waals surface area contributed by atoms with Crippen molar-refractivity contribution in [2.75, 3.05) is 17.2 Å². The van der Waals surface area contributed by atoms with E-state index in [1.165, 1.54) is 0 Å².